The third-order valence-electron chi connectivity index (χ3n) is 3.94. The molecular weight excluding hydrogens is 218 g/mol. The molecule has 5 heteroatoms. The molecule has 2 saturated heterocycles. The highest BCUT2D eigenvalue weighted by Gasteiger charge is 2.42. The van der Waals surface area contributed by atoms with Crippen LogP contribution >= 0.6 is 0 Å². The highest BCUT2D eigenvalue weighted by molar-refractivity contribution is 6.00. The highest BCUT2D eigenvalue weighted by atomic mass is 16.2. The Bertz CT molecular complexity index is 341. The van der Waals surface area contributed by atoms with Gasteiger partial charge in [0.25, 0.3) is 0 Å². The summed E-state index contributed by atoms with van der Waals surface area (Å²) in [5, 5.41) is 5.76. The molecule has 0 aromatic heterocycles. The van der Waals surface area contributed by atoms with Crippen LogP contribution < -0.4 is 10.6 Å². The smallest absolute Gasteiger partial charge is 0.243 e. The first-order valence-electron chi connectivity index (χ1n) is 6.22. The van der Waals surface area contributed by atoms with E-state index < -0.39 is 0 Å². The van der Waals surface area contributed by atoms with Crippen molar-refractivity contribution in [3.63, 3.8) is 0 Å². The van der Waals surface area contributed by atoms with Crippen molar-refractivity contribution in [2.75, 3.05) is 19.6 Å². The zero-order valence-electron chi connectivity index (χ0n) is 10.7. The van der Waals surface area contributed by atoms with E-state index in [4.69, 9.17) is 0 Å². The average molecular weight is 239 g/mol. The molecule has 2 aliphatic heterocycles. The van der Waals surface area contributed by atoms with Crippen LogP contribution in [0.15, 0.2) is 0 Å². The molecule has 17 heavy (non-hydrogen) atoms. The van der Waals surface area contributed by atoms with Crippen LogP contribution in [0.5, 0.6) is 0 Å². The molecule has 0 bridgehead atoms. The second-order valence-corrected chi connectivity index (χ2v) is 5.73. The molecule has 2 aliphatic rings. The second kappa shape index (κ2) is 4.38. The first kappa shape index (κ1) is 12.5. The third kappa shape index (κ3) is 2.35. The van der Waals surface area contributed by atoms with Crippen molar-refractivity contribution in [2.24, 2.45) is 5.41 Å². The summed E-state index contributed by atoms with van der Waals surface area (Å²) in [5.74, 6) is -0.349. The number of amides is 2. The number of piperidine rings is 1. The van der Waals surface area contributed by atoms with Gasteiger partial charge in [-0.2, -0.15) is 0 Å². The second-order valence-electron chi connectivity index (χ2n) is 5.73. The average Bonchev–Trinajstić information content (AvgIpc) is 2.23. The fraction of sp³-hybridized carbons (Fsp3) is 0.833. The topological polar surface area (TPSA) is 61.4 Å². The molecule has 2 amide bonds. The van der Waals surface area contributed by atoms with E-state index in [2.05, 4.69) is 29.4 Å². The van der Waals surface area contributed by atoms with Crippen molar-refractivity contribution in [2.45, 2.75) is 39.3 Å². The Morgan fingerprint density at radius 2 is 2.06 bits per heavy atom. The standard InChI is InChI=1S/C12H21N3O2/c1-8-11(17)14-10(16)6-15(8)9-4-5-13-7-12(9,2)3/h8-9,13H,4-7H2,1-3H3,(H,14,16,17). The van der Waals surface area contributed by atoms with Crippen LogP contribution in [0.1, 0.15) is 27.2 Å². The summed E-state index contributed by atoms with van der Waals surface area (Å²) in [6.45, 7) is 8.46. The van der Waals surface area contributed by atoms with E-state index in [0.29, 0.717) is 6.54 Å². The molecule has 0 radical (unpaired) electrons. The van der Waals surface area contributed by atoms with E-state index in [1.54, 1.807) is 0 Å². The van der Waals surface area contributed by atoms with Gasteiger partial charge < -0.3 is 5.32 Å². The monoisotopic (exact) mass is 239 g/mol. The minimum atomic E-state index is -0.213. The number of carbonyl (C=O) groups is 2. The third-order valence-corrected chi connectivity index (χ3v) is 3.94. The number of nitrogens with zero attached hydrogens (tertiary/aromatic N) is 1. The van der Waals surface area contributed by atoms with E-state index in [-0.39, 0.29) is 29.3 Å². The maximum absolute atomic E-state index is 11.7. The molecule has 2 heterocycles. The Balaban J connectivity index is 2.19. The number of hydrogen-bond donors (Lipinski definition) is 2. The molecule has 2 rings (SSSR count). The highest BCUT2D eigenvalue weighted by Crippen LogP contribution is 2.31. The zero-order chi connectivity index (χ0) is 12.6. The largest absolute Gasteiger partial charge is 0.316 e. The fourth-order valence-electron chi connectivity index (χ4n) is 2.89. The first-order chi connectivity index (χ1) is 7.92. The zero-order valence-corrected chi connectivity index (χ0v) is 10.7. The molecule has 2 atom stereocenters. The van der Waals surface area contributed by atoms with Gasteiger partial charge in [0.2, 0.25) is 11.8 Å². The summed E-state index contributed by atoms with van der Waals surface area (Å²) in [5.41, 5.74) is 0.0877. The molecule has 5 nitrogen and oxygen atoms in total. The van der Waals surface area contributed by atoms with Gasteiger partial charge >= 0.3 is 0 Å². The van der Waals surface area contributed by atoms with E-state index in [1.807, 2.05) is 6.92 Å². The van der Waals surface area contributed by atoms with Gasteiger partial charge in [0.05, 0.1) is 12.6 Å². The molecule has 0 spiro atoms. The number of imide groups is 1. The summed E-state index contributed by atoms with van der Waals surface area (Å²) < 4.78 is 0. The maximum Gasteiger partial charge on any atom is 0.243 e. The van der Waals surface area contributed by atoms with Crippen LogP contribution in [0.4, 0.5) is 0 Å². The van der Waals surface area contributed by atoms with E-state index >= 15 is 0 Å². The van der Waals surface area contributed by atoms with E-state index in [1.165, 1.54) is 0 Å². The van der Waals surface area contributed by atoms with Crippen LogP contribution in [0, 0.1) is 5.41 Å². The van der Waals surface area contributed by atoms with Gasteiger partial charge in [0.15, 0.2) is 0 Å². The molecule has 96 valence electrons. The van der Waals surface area contributed by atoms with Crippen LogP contribution in [0.3, 0.4) is 0 Å². The maximum atomic E-state index is 11.7. The molecule has 2 unspecified atom stereocenters. The van der Waals surface area contributed by atoms with E-state index in [0.717, 1.165) is 19.5 Å². The Labute approximate surface area is 102 Å². The Hall–Kier alpha value is -0.940. The van der Waals surface area contributed by atoms with E-state index in [9.17, 15) is 9.59 Å². The van der Waals surface area contributed by atoms with Crippen molar-refractivity contribution >= 4 is 11.8 Å². The van der Waals surface area contributed by atoms with Crippen LogP contribution in [0.25, 0.3) is 0 Å². The Morgan fingerprint density at radius 1 is 1.35 bits per heavy atom. The lowest BCUT2D eigenvalue weighted by Crippen LogP contribution is -2.65. The number of rotatable bonds is 1. The quantitative estimate of drug-likeness (QED) is 0.618. The van der Waals surface area contributed by atoms with Crippen molar-refractivity contribution < 1.29 is 9.59 Å². The Morgan fingerprint density at radius 3 is 2.71 bits per heavy atom. The SMILES string of the molecule is CC1C(=O)NC(=O)CN1C1CCNCC1(C)C. The van der Waals surface area contributed by atoms with Gasteiger partial charge in [-0.15, -0.1) is 0 Å². The molecule has 2 fully saturated rings. The molecule has 0 aliphatic carbocycles. The van der Waals surface area contributed by atoms with Gasteiger partial charge in [-0.1, -0.05) is 13.8 Å². The minimum absolute atomic E-state index is 0.0877. The fourth-order valence-corrected chi connectivity index (χ4v) is 2.89. The predicted octanol–water partition coefficient (Wildman–Crippen LogP) is -0.279. The van der Waals surface area contributed by atoms with Crippen molar-refractivity contribution in [3.05, 3.63) is 0 Å². The first-order valence-corrected chi connectivity index (χ1v) is 6.22. The Kier molecular flexibility index (Phi) is 3.23. The molecule has 0 aromatic carbocycles. The van der Waals surface area contributed by atoms with Crippen molar-refractivity contribution in [3.8, 4) is 0 Å². The van der Waals surface area contributed by atoms with Gasteiger partial charge in [0, 0.05) is 12.6 Å². The van der Waals surface area contributed by atoms with Gasteiger partial charge in [-0.3, -0.25) is 19.8 Å². The van der Waals surface area contributed by atoms with Gasteiger partial charge in [0.1, 0.15) is 0 Å². The summed E-state index contributed by atoms with van der Waals surface area (Å²) >= 11 is 0. The molecule has 0 aromatic rings. The lowest BCUT2D eigenvalue weighted by atomic mass is 9.78. The normalized spacial score (nSPS) is 34.5. The lowest BCUT2D eigenvalue weighted by molar-refractivity contribution is -0.143. The molecule has 2 N–H and O–H groups in total. The van der Waals surface area contributed by atoms with Gasteiger partial charge in [-0.05, 0) is 25.3 Å². The summed E-state index contributed by atoms with van der Waals surface area (Å²) in [4.78, 5) is 25.2. The number of hydrogen-bond acceptors (Lipinski definition) is 4. The summed E-state index contributed by atoms with van der Waals surface area (Å²) in [7, 11) is 0. The van der Waals surface area contributed by atoms with Crippen LogP contribution in [-0.2, 0) is 9.59 Å². The minimum Gasteiger partial charge on any atom is -0.316 e. The van der Waals surface area contributed by atoms with Crippen molar-refractivity contribution in [1.29, 1.82) is 0 Å². The summed E-state index contributed by atoms with van der Waals surface area (Å²) in [6, 6.07) is 0.0730. The van der Waals surface area contributed by atoms with Gasteiger partial charge in [-0.25, -0.2) is 0 Å². The predicted molar refractivity (Wildman–Crippen MR) is 64.4 cm³/mol. The van der Waals surface area contributed by atoms with Crippen LogP contribution in [0.2, 0.25) is 0 Å². The lowest BCUT2D eigenvalue weighted by Gasteiger charge is -2.48. The number of nitrogens with one attached hydrogen (secondary N) is 2. The number of piperazine rings is 1. The molecular formula is C12H21N3O2. The summed E-state index contributed by atoms with van der Waals surface area (Å²) in [6.07, 6.45) is 0.984. The van der Waals surface area contributed by atoms with Crippen LogP contribution in [-0.4, -0.2) is 48.4 Å². The van der Waals surface area contributed by atoms with Crippen molar-refractivity contribution in [1.82, 2.24) is 15.5 Å². The number of carbonyl (C=O) groups excluding carboxylic acids is 2. The molecule has 0 saturated carbocycles.